The Balaban J connectivity index is 0.000000230. The Morgan fingerprint density at radius 1 is 0.450 bits per heavy atom. The van der Waals surface area contributed by atoms with E-state index in [2.05, 4.69) is 20.8 Å². The van der Waals surface area contributed by atoms with Gasteiger partial charge in [0.15, 0.2) is 23.1 Å². The molecule has 4 aliphatic carbocycles. The lowest BCUT2D eigenvalue weighted by Crippen LogP contribution is -2.25. The fourth-order valence-corrected chi connectivity index (χ4v) is 12.3. The highest BCUT2D eigenvalue weighted by molar-refractivity contribution is 5.42. The van der Waals surface area contributed by atoms with Crippen molar-refractivity contribution in [3.05, 3.63) is 57.7 Å². The smallest absolute Gasteiger partial charge is 0.200 e. The van der Waals surface area contributed by atoms with Crippen LogP contribution in [0.5, 0.6) is 11.5 Å². The van der Waals surface area contributed by atoms with Crippen molar-refractivity contribution >= 4 is 0 Å². The Morgan fingerprint density at radius 2 is 0.833 bits per heavy atom. The number of halogens is 4. The van der Waals surface area contributed by atoms with Crippen molar-refractivity contribution in [1.82, 2.24) is 0 Å². The third kappa shape index (κ3) is 12.9. The van der Waals surface area contributed by atoms with E-state index in [-0.39, 0.29) is 24.0 Å². The molecule has 340 valence electrons. The standard InChI is InChI=1S/C29H46F2O.C24H36F2O2/c1-4-6-7-8-9-11-25-26(20-27(32-3)29(31)28(25)30)24-18-16-23(17-19-24)22-14-12-21(10-5-2)13-15-22;1-4-5-16-6-8-17(9-7-16)18-10-12-19(13-11-18)20-14-22(28-3)24(26)23(25)21(20)15-27-2/h20-24H,4-19H2,1-3H3;14,16-19H,4-13,15H2,1-3H3. The maximum Gasteiger partial charge on any atom is 0.200 e. The molecule has 3 nitrogen and oxygen atoms in total. The summed E-state index contributed by atoms with van der Waals surface area (Å²) in [6.45, 7) is 6.89. The molecule has 0 atom stereocenters. The van der Waals surface area contributed by atoms with Gasteiger partial charge in [-0.15, -0.1) is 0 Å². The SMILES string of the molecule is CCCC1CCC(C2CCC(c3cc(OC)c(F)c(F)c3COC)CC2)CC1.CCCCCCCc1c(C2CCC(C3CCC(CCC)CC3)CC2)cc(OC)c(F)c1F. The molecule has 0 saturated heterocycles. The van der Waals surface area contributed by atoms with Crippen molar-refractivity contribution in [2.75, 3.05) is 21.3 Å². The number of unbranched alkanes of at least 4 members (excludes halogenated alkanes) is 4. The molecule has 0 heterocycles. The highest BCUT2D eigenvalue weighted by Gasteiger charge is 2.35. The first-order chi connectivity index (χ1) is 29.2. The third-order valence-electron chi connectivity index (χ3n) is 15.8. The van der Waals surface area contributed by atoms with Crippen molar-refractivity contribution in [2.45, 2.75) is 206 Å². The van der Waals surface area contributed by atoms with Gasteiger partial charge in [0.2, 0.25) is 11.6 Å². The molecule has 0 unspecified atom stereocenters. The minimum atomic E-state index is -0.907. The molecule has 0 N–H and O–H groups in total. The molecule has 7 heteroatoms. The van der Waals surface area contributed by atoms with Crippen molar-refractivity contribution in [2.24, 2.45) is 35.5 Å². The lowest BCUT2D eigenvalue weighted by Gasteiger charge is -2.38. The Bertz CT molecular complexity index is 1550. The summed E-state index contributed by atoms with van der Waals surface area (Å²) in [7, 11) is 4.36. The number of methoxy groups -OCH3 is 3. The van der Waals surface area contributed by atoms with Gasteiger partial charge < -0.3 is 14.2 Å². The average Bonchev–Trinajstić information content (AvgIpc) is 3.28. The fraction of sp³-hybridized carbons (Fsp3) is 0.774. The van der Waals surface area contributed by atoms with E-state index in [9.17, 15) is 13.2 Å². The highest BCUT2D eigenvalue weighted by atomic mass is 19.2. The zero-order valence-corrected chi connectivity index (χ0v) is 38.6. The third-order valence-corrected chi connectivity index (χ3v) is 15.8. The van der Waals surface area contributed by atoms with Crippen LogP contribution < -0.4 is 9.47 Å². The average molecular weight is 843 g/mol. The van der Waals surface area contributed by atoms with Crippen LogP contribution in [0.25, 0.3) is 0 Å². The second-order valence-electron chi connectivity index (χ2n) is 19.5. The van der Waals surface area contributed by atoms with Crippen LogP contribution in [-0.2, 0) is 17.8 Å². The van der Waals surface area contributed by atoms with Gasteiger partial charge in [-0.1, -0.05) is 97.8 Å². The van der Waals surface area contributed by atoms with Crippen molar-refractivity contribution in [3.8, 4) is 11.5 Å². The monoisotopic (exact) mass is 843 g/mol. The first-order valence-electron chi connectivity index (χ1n) is 24.8. The van der Waals surface area contributed by atoms with E-state index < -0.39 is 23.3 Å². The molecule has 4 saturated carbocycles. The Labute approximate surface area is 362 Å². The topological polar surface area (TPSA) is 27.7 Å². The van der Waals surface area contributed by atoms with Gasteiger partial charge in [0.25, 0.3) is 0 Å². The van der Waals surface area contributed by atoms with Crippen LogP contribution in [0.15, 0.2) is 12.1 Å². The van der Waals surface area contributed by atoms with Crippen molar-refractivity contribution < 1.29 is 31.8 Å². The minimum Gasteiger partial charge on any atom is -0.494 e. The summed E-state index contributed by atoms with van der Waals surface area (Å²) in [6.07, 6.45) is 32.1. The predicted octanol–water partition coefficient (Wildman–Crippen LogP) is 16.4. The van der Waals surface area contributed by atoms with Crippen LogP contribution in [0, 0.1) is 58.8 Å². The summed E-state index contributed by atoms with van der Waals surface area (Å²) in [4.78, 5) is 0. The van der Waals surface area contributed by atoms with Gasteiger partial charge in [-0.25, -0.2) is 8.78 Å². The molecule has 60 heavy (non-hydrogen) atoms. The molecule has 0 aliphatic heterocycles. The van der Waals surface area contributed by atoms with Crippen LogP contribution in [0.1, 0.15) is 215 Å². The van der Waals surface area contributed by atoms with Crippen molar-refractivity contribution in [3.63, 3.8) is 0 Å². The van der Waals surface area contributed by atoms with Gasteiger partial charge in [-0.2, -0.15) is 8.78 Å². The van der Waals surface area contributed by atoms with E-state index in [4.69, 9.17) is 14.2 Å². The van der Waals surface area contributed by atoms with E-state index in [0.29, 0.717) is 23.5 Å². The quantitative estimate of drug-likeness (QED) is 0.111. The van der Waals surface area contributed by atoms with Gasteiger partial charge in [-0.3, -0.25) is 0 Å². The van der Waals surface area contributed by atoms with Gasteiger partial charge in [-0.05, 0) is 166 Å². The molecule has 2 aromatic rings. The molecule has 2 aromatic carbocycles. The minimum absolute atomic E-state index is 0.00345. The zero-order chi connectivity index (χ0) is 43.0. The van der Waals surface area contributed by atoms with E-state index in [1.54, 1.807) is 6.07 Å². The summed E-state index contributed by atoms with van der Waals surface area (Å²) >= 11 is 0. The summed E-state index contributed by atoms with van der Waals surface area (Å²) in [5.41, 5.74) is 2.90. The molecule has 0 bridgehead atoms. The summed E-state index contributed by atoms with van der Waals surface area (Å²) < 4.78 is 73.8. The van der Waals surface area contributed by atoms with E-state index in [1.165, 1.54) is 143 Å². The number of hydrogen-bond donors (Lipinski definition) is 0. The van der Waals surface area contributed by atoms with Crippen LogP contribution in [-0.4, -0.2) is 21.3 Å². The van der Waals surface area contributed by atoms with Crippen LogP contribution in [0.4, 0.5) is 17.6 Å². The van der Waals surface area contributed by atoms with Crippen molar-refractivity contribution in [1.29, 1.82) is 0 Å². The molecule has 6 rings (SSSR count). The molecule has 0 amide bonds. The summed E-state index contributed by atoms with van der Waals surface area (Å²) in [5.74, 6) is 2.80. The van der Waals surface area contributed by atoms with E-state index >= 15 is 4.39 Å². The predicted molar refractivity (Wildman–Crippen MR) is 239 cm³/mol. The molecule has 0 spiro atoms. The lowest BCUT2D eigenvalue weighted by molar-refractivity contribution is 0.154. The zero-order valence-electron chi connectivity index (χ0n) is 38.6. The Morgan fingerprint density at radius 3 is 1.22 bits per heavy atom. The normalized spacial score (nSPS) is 27.2. The van der Waals surface area contributed by atoms with E-state index in [1.807, 2.05) is 6.07 Å². The Hall–Kier alpha value is -2.28. The number of rotatable bonds is 18. The van der Waals surface area contributed by atoms with E-state index in [0.717, 1.165) is 85.2 Å². The first kappa shape index (κ1) is 48.7. The van der Waals surface area contributed by atoms with Crippen LogP contribution in [0.3, 0.4) is 0 Å². The van der Waals surface area contributed by atoms with Gasteiger partial charge in [0.05, 0.1) is 20.8 Å². The number of ether oxygens (including phenoxy) is 3. The first-order valence-corrected chi connectivity index (χ1v) is 24.8. The number of hydrogen-bond acceptors (Lipinski definition) is 3. The maximum atomic E-state index is 15.1. The second kappa shape index (κ2) is 25.1. The molecular formula is C53H82F4O3. The van der Waals surface area contributed by atoms with Gasteiger partial charge in [0, 0.05) is 12.7 Å². The van der Waals surface area contributed by atoms with Gasteiger partial charge in [0.1, 0.15) is 0 Å². The van der Waals surface area contributed by atoms with Crippen LogP contribution >= 0.6 is 0 Å². The molecule has 4 aliphatic rings. The Kier molecular flexibility index (Phi) is 20.4. The maximum absolute atomic E-state index is 15.1. The molecule has 4 fully saturated rings. The second-order valence-corrected chi connectivity index (χ2v) is 19.5. The fourth-order valence-electron chi connectivity index (χ4n) is 12.3. The molecule has 0 aromatic heterocycles. The summed E-state index contributed by atoms with van der Waals surface area (Å²) in [6, 6.07) is 3.52. The summed E-state index contributed by atoms with van der Waals surface area (Å²) in [5, 5.41) is 0. The largest absolute Gasteiger partial charge is 0.494 e. The number of benzene rings is 2. The molecular weight excluding hydrogens is 761 g/mol. The lowest BCUT2D eigenvalue weighted by atomic mass is 9.67. The molecule has 0 radical (unpaired) electrons. The van der Waals surface area contributed by atoms with Crippen LogP contribution in [0.2, 0.25) is 0 Å². The van der Waals surface area contributed by atoms with Gasteiger partial charge >= 0.3 is 0 Å². The highest BCUT2D eigenvalue weighted by Crippen LogP contribution is 2.48.